The Bertz CT molecular complexity index is 152. The van der Waals surface area contributed by atoms with E-state index in [0.717, 1.165) is 12.4 Å². The van der Waals surface area contributed by atoms with E-state index >= 15 is 0 Å². The van der Waals surface area contributed by atoms with E-state index in [4.69, 9.17) is 0 Å². The van der Waals surface area contributed by atoms with Crippen LogP contribution in [0.25, 0.3) is 0 Å². The van der Waals surface area contributed by atoms with E-state index in [9.17, 15) is 0 Å². The fourth-order valence-corrected chi connectivity index (χ4v) is 1.60. The molecule has 0 unspecified atom stereocenters. The third-order valence-electron chi connectivity index (χ3n) is 0.629. The summed E-state index contributed by atoms with van der Waals surface area (Å²) in [5, 5.41) is 0. The van der Waals surface area contributed by atoms with Gasteiger partial charge in [0.15, 0.2) is 0 Å². The Morgan fingerprint density at radius 3 is 1.67 bits per heavy atom. The highest BCUT2D eigenvalue weighted by Crippen LogP contribution is 2.32. The van der Waals surface area contributed by atoms with Crippen molar-refractivity contribution in [1.82, 2.24) is 0 Å². The number of allylic oxidation sites excluding steroid dienone is 3. The van der Waals surface area contributed by atoms with E-state index < -0.39 is 0 Å². The third-order valence-corrected chi connectivity index (χ3v) is 4.70. The molecule has 0 saturated heterocycles. The number of rotatable bonds is 1. The Labute approximate surface area is 88.3 Å². The molecule has 0 N–H and O–H groups in total. The normalized spacial score (nSPS) is 11.4. The van der Waals surface area contributed by atoms with Crippen molar-refractivity contribution in [2.75, 3.05) is 0 Å². The standard InChI is InChI=1S/C5H4Br4/c1-2-3(6)4(7)5(8)9/h2H,1H3. The average molecular weight is 384 g/mol. The molecular formula is C5H4Br4. The molecule has 4 heteroatoms. The first kappa shape index (κ1) is 10.4. The van der Waals surface area contributed by atoms with Gasteiger partial charge in [0.05, 0.1) is 7.87 Å². The SMILES string of the molecule is CC=C(Br)C(Br)=C(Br)Br. The lowest BCUT2D eigenvalue weighted by Gasteiger charge is -1.94. The zero-order valence-corrected chi connectivity index (χ0v) is 10.9. The topological polar surface area (TPSA) is 0 Å². The molecule has 0 bridgehead atoms. The lowest BCUT2D eigenvalue weighted by molar-refractivity contribution is 1.71. The van der Waals surface area contributed by atoms with Crippen molar-refractivity contribution in [3.63, 3.8) is 0 Å². The van der Waals surface area contributed by atoms with Crippen molar-refractivity contribution in [1.29, 1.82) is 0 Å². The highest BCUT2D eigenvalue weighted by molar-refractivity contribution is 9.29. The van der Waals surface area contributed by atoms with Crippen molar-refractivity contribution in [2.45, 2.75) is 6.92 Å². The van der Waals surface area contributed by atoms with Gasteiger partial charge >= 0.3 is 0 Å². The van der Waals surface area contributed by atoms with Crippen LogP contribution in [-0.4, -0.2) is 0 Å². The Morgan fingerprint density at radius 2 is 1.56 bits per heavy atom. The summed E-state index contributed by atoms with van der Waals surface area (Å²) in [5.41, 5.74) is 0. The Hall–Kier alpha value is 1.40. The van der Waals surface area contributed by atoms with Crippen LogP contribution < -0.4 is 0 Å². The predicted molar refractivity (Wildman–Crippen MR) is 56.5 cm³/mol. The zero-order chi connectivity index (χ0) is 7.44. The second-order valence-corrected chi connectivity index (χ2v) is 5.51. The predicted octanol–water partition coefficient (Wildman–Crippen LogP) is 4.64. The summed E-state index contributed by atoms with van der Waals surface area (Å²) < 4.78 is 2.90. The second kappa shape index (κ2) is 5.10. The van der Waals surface area contributed by atoms with Crippen molar-refractivity contribution in [3.05, 3.63) is 18.4 Å². The minimum atomic E-state index is 0.903. The molecule has 0 aliphatic heterocycles. The lowest BCUT2D eigenvalue weighted by atomic mass is 10.5. The van der Waals surface area contributed by atoms with Gasteiger partial charge in [-0.05, 0) is 70.6 Å². The summed E-state index contributed by atoms with van der Waals surface area (Å²) in [5.74, 6) is 0. The first-order valence-electron chi connectivity index (χ1n) is 2.12. The van der Waals surface area contributed by atoms with E-state index in [0.29, 0.717) is 0 Å². The molecule has 0 fully saturated rings. The molecular weight excluding hydrogens is 380 g/mol. The van der Waals surface area contributed by atoms with Gasteiger partial charge in [0.2, 0.25) is 0 Å². The van der Waals surface area contributed by atoms with Crippen LogP contribution >= 0.6 is 63.7 Å². The fourth-order valence-electron chi connectivity index (χ4n) is 0.217. The van der Waals surface area contributed by atoms with Gasteiger partial charge in [-0.1, -0.05) is 6.08 Å². The molecule has 52 valence electrons. The van der Waals surface area contributed by atoms with Crippen molar-refractivity contribution in [3.8, 4) is 0 Å². The van der Waals surface area contributed by atoms with Crippen LogP contribution in [-0.2, 0) is 0 Å². The highest BCUT2D eigenvalue weighted by Gasteiger charge is 1.98. The number of halogens is 4. The van der Waals surface area contributed by atoms with Gasteiger partial charge in [-0.15, -0.1) is 0 Å². The summed E-state index contributed by atoms with van der Waals surface area (Å²) in [6.45, 7) is 1.95. The summed E-state index contributed by atoms with van der Waals surface area (Å²) in [7, 11) is 0. The maximum atomic E-state index is 3.34. The molecule has 0 atom stereocenters. The molecule has 0 radical (unpaired) electrons. The molecule has 0 rings (SSSR count). The van der Waals surface area contributed by atoms with Crippen LogP contribution in [0, 0.1) is 0 Å². The van der Waals surface area contributed by atoms with Crippen LogP contribution in [0.2, 0.25) is 0 Å². The molecule has 9 heavy (non-hydrogen) atoms. The minimum Gasteiger partial charge on any atom is -0.0722 e. The van der Waals surface area contributed by atoms with Crippen LogP contribution in [0.3, 0.4) is 0 Å². The van der Waals surface area contributed by atoms with Crippen molar-refractivity contribution < 1.29 is 0 Å². The van der Waals surface area contributed by atoms with Gasteiger partial charge in [-0.2, -0.15) is 0 Å². The lowest BCUT2D eigenvalue weighted by Crippen LogP contribution is -1.68. The molecule has 0 aromatic rings. The molecule has 0 heterocycles. The van der Waals surface area contributed by atoms with Crippen LogP contribution in [0.4, 0.5) is 0 Å². The van der Waals surface area contributed by atoms with Crippen molar-refractivity contribution >= 4 is 63.7 Å². The smallest absolute Gasteiger partial charge is 0.0722 e. The Kier molecular flexibility index (Phi) is 5.90. The molecule has 0 aliphatic carbocycles. The van der Waals surface area contributed by atoms with E-state index in [1.807, 2.05) is 13.0 Å². The van der Waals surface area contributed by atoms with Gasteiger partial charge in [0.1, 0.15) is 0 Å². The summed E-state index contributed by atoms with van der Waals surface area (Å²) in [6, 6.07) is 0. The maximum Gasteiger partial charge on any atom is 0.0757 e. The highest BCUT2D eigenvalue weighted by atomic mass is 79.9. The van der Waals surface area contributed by atoms with Crippen LogP contribution in [0.15, 0.2) is 18.4 Å². The van der Waals surface area contributed by atoms with E-state index in [1.165, 1.54) is 0 Å². The van der Waals surface area contributed by atoms with Crippen molar-refractivity contribution in [2.24, 2.45) is 0 Å². The molecule has 0 aromatic heterocycles. The van der Waals surface area contributed by atoms with E-state index in [-0.39, 0.29) is 0 Å². The quantitative estimate of drug-likeness (QED) is 0.579. The minimum absolute atomic E-state index is 0.903. The van der Waals surface area contributed by atoms with Gasteiger partial charge < -0.3 is 0 Å². The largest absolute Gasteiger partial charge is 0.0757 e. The number of hydrogen-bond donors (Lipinski definition) is 0. The molecule has 0 saturated carbocycles. The second-order valence-electron chi connectivity index (χ2n) is 1.21. The monoisotopic (exact) mass is 380 g/mol. The molecule has 0 nitrogen and oxygen atoms in total. The van der Waals surface area contributed by atoms with Crippen LogP contribution in [0.5, 0.6) is 0 Å². The van der Waals surface area contributed by atoms with Gasteiger partial charge in [0.25, 0.3) is 0 Å². The Morgan fingerprint density at radius 1 is 1.11 bits per heavy atom. The molecule has 0 amide bonds. The number of hydrogen-bond acceptors (Lipinski definition) is 0. The molecule has 0 aliphatic rings. The Balaban J connectivity index is 4.40. The van der Waals surface area contributed by atoms with Gasteiger partial charge in [0, 0.05) is 4.48 Å². The van der Waals surface area contributed by atoms with Gasteiger partial charge in [-0.3, -0.25) is 0 Å². The fraction of sp³-hybridized carbons (Fsp3) is 0.200. The summed E-state index contributed by atoms with van der Waals surface area (Å²) in [4.78, 5) is 0. The molecule has 0 aromatic carbocycles. The average Bonchev–Trinajstić information content (AvgIpc) is 1.84. The maximum absolute atomic E-state index is 3.34. The third kappa shape index (κ3) is 3.96. The first-order valence-corrected chi connectivity index (χ1v) is 5.29. The van der Waals surface area contributed by atoms with Gasteiger partial charge in [-0.25, -0.2) is 0 Å². The molecule has 0 spiro atoms. The summed E-state index contributed by atoms with van der Waals surface area (Å²) in [6.07, 6.45) is 1.95. The van der Waals surface area contributed by atoms with Crippen LogP contribution in [0.1, 0.15) is 6.92 Å². The first-order chi connectivity index (χ1) is 4.09. The van der Waals surface area contributed by atoms with E-state index in [2.05, 4.69) is 63.7 Å². The van der Waals surface area contributed by atoms with E-state index in [1.54, 1.807) is 0 Å². The summed E-state index contributed by atoms with van der Waals surface area (Å²) >= 11 is 13.2. The zero-order valence-electron chi connectivity index (χ0n) is 4.59.